The van der Waals surface area contributed by atoms with E-state index in [9.17, 15) is 9.59 Å². The predicted octanol–water partition coefficient (Wildman–Crippen LogP) is 1.97. The number of benzene rings is 1. The van der Waals surface area contributed by atoms with E-state index in [0.717, 1.165) is 18.9 Å². The Morgan fingerprint density at radius 3 is 2.38 bits per heavy atom. The van der Waals surface area contributed by atoms with Gasteiger partial charge in [-0.15, -0.1) is 0 Å². The highest BCUT2D eigenvalue weighted by atomic mass is 16.5. The predicted molar refractivity (Wildman–Crippen MR) is 90.1 cm³/mol. The molecular weight excluding hydrogens is 306 g/mol. The number of amides is 1. The Labute approximate surface area is 140 Å². The Morgan fingerprint density at radius 1 is 1.00 bits per heavy atom. The van der Waals surface area contributed by atoms with Gasteiger partial charge in [0.05, 0.1) is 5.56 Å². The van der Waals surface area contributed by atoms with Crippen LogP contribution in [0.4, 0.5) is 5.82 Å². The minimum Gasteiger partial charge on any atom is -0.426 e. The summed E-state index contributed by atoms with van der Waals surface area (Å²) >= 11 is 0. The molecule has 0 unspecified atom stereocenters. The number of hydrogen-bond acceptors (Lipinski definition) is 5. The Kier molecular flexibility index (Phi) is 4.74. The van der Waals surface area contributed by atoms with E-state index in [2.05, 4.69) is 9.88 Å². The number of hydrogen-bond donors (Lipinski definition) is 0. The Hall–Kier alpha value is -2.89. The minimum absolute atomic E-state index is 0.118. The molecule has 0 spiro atoms. The van der Waals surface area contributed by atoms with E-state index >= 15 is 0 Å². The third kappa shape index (κ3) is 3.53. The van der Waals surface area contributed by atoms with E-state index in [0.29, 0.717) is 24.4 Å². The number of nitrogens with zero attached hydrogens (tertiary/aromatic N) is 3. The molecule has 2 heterocycles. The lowest BCUT2D eigenvalue weighted by Crippen LogP contribution is -2.49. The SMILES string of the molecule is CC(=O)Oc1ccccc1C(=O)N1CCN(c2ccccn2)CC1. The number of carbonyl (C=O) groups is 2. The molecule has 124 valence electrons. The van der Waals surface area contributed by atoms with Crippen LogP contribution in [0.1, 0.15) is 17.3 Å². The summed E-state index contributed by atoms with van der Waals surface area (Å²) < 4.78 is 5.14. The number of rotatable bonds is 3. The van der Waals surface area contributed by atoms with Gasteiger partial charge in [0.2, 0.25) is 0 Å². The Morgan fingerprint density at radius 2 is 1.71 bits per heavy atom. The van der Waals surface area contributed by atoms with Crippen LogP contribution in [0.3, 0.4) is 0 Å². The summed E-state index contributed by atoms with van der Waals surface area (Å²) in [5, 5.41) is 0. The number of anilines is 1. The van der Waals surface area contributed by atoms with Gasteiger partial charge in [-0.25, -0.2) is 4.98 Å². The maximum absolute atomic E-state index is 12.7. The van der Waals surface area contributed by atoms with Crippen LogP contribution in [-0.4, -0.2) is 47.9 Å². The minimum atomic E-state index is -0.435. The zero-order valence-electron chi connectivity index (χ0n) is 13.5. The molecule has 0 aliphatic carbocycles. The number of pyridine rings is 1. The first-order valence-electron chi connectivity index (χ1n) is 7.88. The molecule has 0 bridgehead atoms. The first-order valence-corrected chi connectivity index (χ1v) is 7.88. The van der Waals surface area contributed by atoms with Crippen molar-refractivity contribution in [3.63, 3.8) is 0 Å². The van der Waals surface area contributed by atoms with Crippen LogP contribution in [0.2, 0.25) is 0 Å². The summed E-state index contributed by atoms with van der Waals surface area (Å²) in [5.41, 5.74) is 0.416. The van der Waals surface area contributed by atoms with Crippen LogP contribution in [-0.2, 0) is 4.79 Å². The van der Waals surface area contributed by atoms with Gasteiger partial charge in [0.15, 0.2) is 0 Å². The molecule has 0 radical (unpaired) electrons. The van der Waals surface area contributed by atoms with Crippen LogP contribution in [0.5, 0.6) is 5.75 Å². The molecule has 6 heteroatoms. The van der Waals surface area contributed by atoms with Crippen LogP contribution in [0.25, 0.3) is 0 Å². The van der Waals surface area contributed by atoms with Crippen LogP contribution in [0, 0.1) is 0 Å². The van der Waals surface area contributed by atoms with Crippen molar-refractivity contribution in [1.82, 2.24) is 9.88 Å². The molecule has 1 aromatic carbocycles. The number of ether oxygens (including phenoxy) is 1. The van der Waals surface area contributed by atoms with Gasteiger partial charge in [0, 0.05) is 39.3 Å². The largest absolute Gasteiger partial charge is 0.426 e. The molecule has 0 N–H and O–H groups in total. The lowest BCUT2D eigenvalue weighted by Gasteiger charge is -2.35. The molecule has 1 amide bonds. The molecule has 1 aromatic heterocycles. The topological polar surface area (TPSA) is 62.7 Å². The van der Waals surface area contributed by atoms with Crippen molar-refractivity contribution in [1.29, 1.82) is 0 Å². The molecular formula is C18H19N3O3. The molecule has 2 aromatic rings. The van der Waals surface area contributed by atoms with Gasteiger partial charge in [0.1, 0.15) is 11.6 Å². The third-order valence-corrected chi connectivity index (χ3v) is 3.91. The maximum Gasteiger partial charge on any atom is 0.308 e. The summed E-state index contributed by atoms with van der Waals surface area (Å²) in [7, 11) is 0. The van der Waals surface area contributed by atoms with Gasteiger partial charge in [-0.3, -0.25) is 9.59 Å². The summed E-state index contributed by atoms with van der Waals surface area (Å²) in [6, 6.07) is 12.6. The van der Waals surface area contributed by atoms with Gasteiger partial charge >= 0.3 is 5.97 Å². The first-order chi connectivity index (χ1) is 11.6. The zero-order chi connectivity index (χ0) is 16.9. The van der Waals surface area contributed by atoms with Crippen molar-refractivity contribution in [2.75, 3.05) is 31.1 Å². The fourth-order valence-electron chi connectivity index (χ4n) is 2.74. The number of piperazine rings is 1. The van der Waals surface area contributed by atoms with Crippen LogP contribution < -0.4 is 9.64 Å². The molecule has 0 saturated carbocycles. The van der Waals surface area contributed by atoms with Crippen molar-refractivity contribution < 1.29 is 14.3 Å². The number of para-hydroxylation sites is 1. The van der Waals surface area contributed by atoms with Crippen molar-refractivity contribution in [2.24, 2.45) is 0 Å². The lowest BCUT2D eigenvalue weighted by molar-refractivity contribution is -0.131. The number of aromatic nitrogens is 1. The third-order valence-electron chi connectivity index (χ3n) is 3.91. The quantitative estimate of drug-likeness (QED) is 0.638. The second-order valence-electron chi connectivity index (χ2n) is 5.56. The average Bonchev–Trinajstić information content (AvgIpc) is 2.62. The van der Waals surface area contributed by atoms with Crippen LogP contribution in [0.15, 0.2) is 48.7 Å². The zero-order valence-corrected chi connectivity index (χ0v) is 13.5. The Bertz CT molecular complexity index is 725. The normalized spacial score (nSPS) is 14.4. The summed E-state index contributed by atoms with van der Waals surface area (Å²) in [6.45, 7) is 3.97. The lowest BCUT2D eigenvalue weighted by atomic mass is 10.1. The van der Waals surface area contributed by atoms with E-state index in [1.807, 2.05) is 18.2 Å². The van der Waals surface area contributed by atoms with Crippen molar-refractivity contribution in [2.45, 2.75) is 6.92 Å². The molecule has 1 aliphatic rings. The number of carbonyl (C=O) groups excluding carboxylic acids is 2. The second-order valence-corrected chi connectivity index (χ2v) is 5.56. The second kappa shape index (κ2) is 7.12. The van der Waals surface area contributed by atoms with Gasteiger partial charge in [-0.05, 0) is 24.3 Å². The van der Waals surface area contributed by atoms with Crippen molar-refractivity contribution in [3.05, 3.63) is 54.2 Å². The average molecular weight is 325 g/mol. The fraction of sp³-hybridized carbons (Fsp3) is 0.278. The highest BCUT2D eigenvalue weighted by Gasteiger charge is 2.25. The summed E-state index contributed by atoms with van der Waals surface area (Å²) in [5.74, 6) is 0.676. The molecule has 24 heavy (non-hydrogen) atoms. The van der Waals surface area contributed by atoms with Crippen molar-refractivity contribution >= 4 is 17.7 Å². The first kappa shape index (κ1) is 16.0. The van der Waals surface area contributed by atoms with E-state index in [1.54, 1.807) is 35.4 Å². The summed E-state index contributed by atoms with van der Waals surface area (Å²) in [4.78, 5) is 32.2. The molecule has 1 fully saturated rings. The van der Waals surface area contributed by atoms with E-state index in [-0.39, 0.29) is 5.91 Å². The monoisotopic (exact) mass is 325 g/mol. The fourth-order valence-corrected chi connectivity index (χ4v) is 2.74. The van der Waals surface area contributed by atoms with E-state index in [1.165, 1.54) is 6.92 Å². The summed E-state index contributed by atoms with van der Waals surface area (Å²) in [6.07, 6.45) is 1.77. The van der Waals surface area contributed by atoms with Gasteiger partial charge in [-0.1, -0.05) is 18.2 Å². The molecule has 6 nitrogen and oxygen atoms in total. The van der Waals surface area contributed by atoms with E-state index < -0.39 is 5.97 Å². The molecule has 3 rings (SSSR count). The maximum atomic E-state index is 12.7. The molecule has 1 saturated heterocycles. The number of esters is 1. The highest BCUT2D eigenvalue weighted by Crippen LogP contribution is 2.21. The van der Waals surface area contributed by atoms with E-state index in [4.69, 9.17) is 4.74 Å². The Balaban J connectivity index is 1.69. The highest BCUT2D eigenvalue weighted by molar-refractivity contribution is 5.97. The van der Waals surface area contributed by atoms with Gasteiger partial charge in [0.25, 0.3) is 5.91 Å². The van der Waals surface area contributed by atoms with Crippen molar-refractivity contribution in [3.8, 4) is 5.75 Å². The van der Waals surface area contributed by atoms with Gasteiger partial charge < -0.3 is 14.5 Å². The molecule has 0 atom stereocenters. The molecule has 1 aliphatic heterocycles. The standard InChI is InChI=1S/C18H19N3O3/c1-14(22)24-16-7-3-2-6-15(16)18(23)21-12-10-20(11-13-21)17-8-4-5-9-19-17/h2-9H,10-13H2,1H3. The smallest absolute Gasteiger partial charge is 0.308 e. The van der Waals surface area contributed by atoms with Crippen LogP contribution >= 0.6 is 0 Å². The van der Waals surface area contributed by atoms with Gasteiger partial charge in [-0.2, -0.15) is 0 Å².